The third kappa shape index (κ3) is 2.06. The predicted octanol–water partition coefficient (Wildman–Crippen LogP) is 2.37. The summed E-state index contributed by atoms with van der Waals surface area (Å²) in [6.07, 6.45) is 0. The Hall–Kier alpha value is -1.69. The molecule has 0 aromatic heterocycles. The molecule has 0 radical (unpaired) electrons. The van der Waals surface area contributed by atoms with E-state index in [9.17, 15) is 14.4 Å². The number of carbonyl (C=O) groups is 3. The van der Waals surface area contributed by atoms with Crippen molar-refractivity contribution in [1.82, 2.24) is 5.32 Å². The Morgan fingerprint density at radius 3 is 2.47 bits per heavy atom. The van der Waals surface area contributed by atoms with Crippen molar-refractivity contribution in [1.29, 1.82) is 0 Å². The first-order chi connectivity index (χ1) is 8.76. The van der Waals surface area contributed by atoms with Crippen LogP contribution >= 0.6 is 15.9 Å². The zero-order valence-electron chi connectivity index (χ0n) is 10.8. The first kappa shape index (κ1) is 13.7. The molecular weight excluding hydrogens is 312 g/mol. The Bertz CT molecular complexity index is 596. The van der Waals surface area contributed by atoms with Crippen LogP contribution in [0.25, 0.3) is 0 Å². The average molecular weight is 325 g/mol. The number of benzene rings is 1. The molecule has 0 saturated carbocycles. The summed E-state index contributed by atoms with van der Waals surface area (Å²) in [5.74, 6) is -1.12. The summed E-state index contributed by atoms with van der Waals surface area (Å²) in [5.41, 5.74) is 0.0627. The topological polar surface area (TPSA) is 66.5 Å². The van der Waals surface area contributed by atoms with Gasteiger partial charge in [-0.1, -0.05) is 12.1 Å². The van der Waals surface area contributed by atoms with Crippen molar-refractivity contribution in [3.05, 3.63) is 28.2 Å². The van der Waals surface area contributed by atoms with Crippen molar-refractivity contribution < 1.29 is 14.4 Å². The average Bonchev–Trinajstić information content (AvgIpc) is 2.33. The number of hydrogen-bond donors (Lipinski definition) is 1. The molecule has 4 amide bonds. The van der Waals surface area contributed by atoms with Gasteiger partial charge in [0.15, 0.2) is 0 Å². The van der Waals surface area contributed by atoms with Crippen LogP contribution in [-0.2, 0) is 9.59 Å². The molecule has 0 bridgehead atoms. The van der Waals surface area contributed by atoms with E-state index in [-0.39, 0.29) is 0 Å². The maximum atomic E-state index is 12.4. The molecule has 19 heavy (non-hydrogen) atoms. The molecule has 1 aliphatic heterocycles. The first-order valence-corrected chi connectivity index (χ1v) is 6.51. The lowest BCUT2D eigenvalue weighted by Gasteiger charge is -2.35. The summed E-state index contributed by atoms with van der Waals surface area (Å²) < 4.78 is 0.656. The first-order valence-electron chi connectivity index (χ1n) is 5.72. The van der Waals surface area contributed by atoms with E-state index in [0.717, 1.165) is 10.5 Å². The van der Waals surface area contributed by atoms with Crippen LogP contribution in [0.2, 0.25) is 0 Å². The van der Waals surface area contributed by atoms with Crippen molar-refractivity contribution in [2.45, 2.75) is 20.8 Å². The highest BCUT2D eigenvalue weighted by molar-refractivity contribution is 9.10. The molecule has 1 saturated heterocycles. The number of hydrogen-bond acceptors (Lipinski definition) is 3. The fraction of sp³-hybridized carbons (Fsp3) is 0.308. The molecule has 5 nitrogen and oxygen atoms in total. The van der Waals surface area contributed by atoms with E-state index in [0.29, 0.717) is 10.2 Å². The lowest BCUT2D eigenvalue weighted by atomic mass is 9.88. The second-order valence-corrected chi connectivity index (χ2v) is 5.73. The summed E-state index contributed by atoms with van der Waals surface area (Å²) in [5, 5.41) is 2.20. The van der Waals surface area contributed by atoms with Gasteiger partial charge in [-0.15, -0.1) is 0 Å². The highest BCUT2D eigenvalue weighted by Crippen LogP contribution is 2.34. The smallest absolute Gasteiger partial charge is 0.276 e. The van der Waals surface area contributed by atoms with Gasteiger partial charge in [-0.3, -0.25) is 14.9 Å². The van der Waals surface area contributed by atoms with Gasteiger partial charge in [0.05, 0.1) is 5.69 Å². The van der Waals surface area contributed by atoms with Gasteiger partial charge in [0, 0.05) is 4.47 Å². The highest BCUT2D eigenvalue weighted by Gasteiger charge is 2.48. The third-order valence-electron chi connectivity index (χ3n) is 3.14. The monoisotopic (exact) mass is 324 g/mol. The lowest BCUT2D eigenvalue weighted by Crippen LogP contribution is -2.62. The number of halogens is 1. The van der Waals surface area contributed by atoms with Crippen molar-refractivity contribution in [3.8, 4) is 0 Å². The van der Waals surface area contributed by atoms with Crippen LogP contribution in [0.1, 0.15) is 19.4 Å². The number of anilines is 1. The van der Waals surface area contributed by atoms with Crippen LogP contribution < -0.4 is 10.2 Å². The summed E-state index contributed by atoms with van der Waals surface area (Å²) in [6.45, 7) is 4.85. The van der Waals surface area contributed by atoms with E-state index in [1.807, 2.05) is 13.0 Å². The van der Waals surface area contributed by atoms with Crippen LogP contribution in [0.4, 0.5) is 10.5 Å². The SMILES string of the molecule is Cc1cccc(N2C(=O)NC(=O)C(C)(C)C2=O)c1Br. The summed E-state index contributed by atoms with van der Waals surface area (Å²) in [7, 11) is 0. The fourth-order valence-corrected chi connectivity index (χ4v) is 2.24. The largest absolute Gasteiger partial charge is 0.335 e. The Balaban J connectivity index is 2.55. The molecule has 0 spiro atoms. The zero-order valence-corrected chi connectivity index (χ0v) is 12.4. The van der Waals surface area contributed by atoms with Gasteiger partial charge in [0.25, 0.3) is 0 Å². The molecule has 100 valence electrons. The van der Waals surface area contributed by atoms with Crippen molar-refractivity contribution in [2.24, 2.45) is 5.41 Å². The van der Waals surface area contributed by atoms with Crippen molar-refractivity contribution in [3.63, 3.8) is 0 Å². The van der Waals surface area contributed by atoms with Gasteiger partial charge in [-0.2, -0.15) is 0 Å². The number of amides is 4. The maximum absolute atomic E-state index is 12.4. The Morgan fingerprint density at radius 2 is 1.84 bits per heavy atom. The standard InChI is InChI=1S/C13H13BrN2O3/c1-7-5-4-6-8(9(7)14)16-11(18)13(2,3)10(17)15-12(16)19/h4-6H,1-3H3,(H,15,17,19). The summed E-state index contributed by atoms with van der Waals surface area (Å²) in [6, 6.07) is 4.54. The minimum absolute atomic E-state index is 0.433. The number of imide groups is 2. The quantitative estimate of drug-likeness (QED) is 0.806. The predicted molar refractivity (Wildman–Crippen MR) is 73.7 cm³/mol. The third-order valence-corrected chi connectivity index (χ3v) is 4.17. The zero-order chi connectivity index (χ0) is 14.4. The van der Waals surface area contributed by atoms with E-state index in [4.69, 9.17) is 0 Å². The van der Waals surface area contributed by atoms with Crippen molar-refractivity contribution >= 4 is 39.5 Å². The molecular formula is C13H13BrN2O3. The number of nitrogens with one attached hydrogen (secondary N) is 1. The Labute approximate surface area is 119 Å². The summed E-state index contributed by atoms with van der Waals surface area (Å²) >= 11 is 3.36. The van der Waals surface area contributed by atoms with Gasteiger partial charge in [0.1, 0.15) is 5.41 Å². The van der Waals surface area contributed by atoms with E-state index in [1.165, 1.54) is 13.8 Å². The van der Waals surface area contributed by atoms with E-state index >= 15 is 0 Å². The molecule has 1 fully saturated rings. The number of urea groups is 1. The summed E-state index contributed by atoms with van der Waals surface area (Å²) in [4.78, 5) is 36.9. The van der Waals surface area contributed by atoms with Gasteiger partial charge < -0.3 is 0 Å². The molecule has 2 rings (SSSR count). The van der Waals surface area contributed by atoms with Crippen molar-refractivity contribution in [2.75, 3.05) is 4.90 Å². The van der Waals surface area contributed by atoms with E-state index < -0.39 is 23.3 Å². The number of aryl methyl sites for hydroxylation is 1. The van der Waals surface area contributed by atoms with Crippen LogP contribution in [0.3, 0.4) is 0 Å². The normalized spacial score (nSPS) is 18.5. The molecule has 1 N–H and O–H groups in total. The minimum Gasteiger partial charge on any atom is -0.276 e. The van der Waals surface area contributed by atoms with Crippen LogP contribution in [-0.4, -0.2) is 17.8 Å². The van der Waals surface area contributed by atoms with E-state index in [2.05, 4.69) is 21.2 Å². The molecule has 6 heteroatoms. The number of nitrogens with zero attached hydrogens (tertiary/aromatic N) is 1. The maximum Gasteiger partial charge on any atom is 0.335 e. The molecule has 0 aliphatic carbocycles. The molecule has 0 unspecified atom stereocenters. The second-order valence-electron chi connectivity index (χ2n) is 4.93. The van der Waals surface area contributed by atoms with E-state index in [1.54, 1.807) is 12.1 Å². The molecule has 0 atom stereocenters. The molecule has 1 aromatic carbocycles. The van der Waals surface area contributed by atoms with Crippen LogP contribution in [0, 0.1) is 12.3 Å². The lowest BCUT2D eigenvalue weighted by molar-refractivity contribution is -0.140. The Morgan fingerprint density at radius 1 is 1.21 bits per heavy atom. The van der Waals surface area contributed by atoms with Crippen LogP contribution in [0.15, 0.2) is 22.7 Å². The van der Waals surface area contributed by atoms with Gasteiger partial charge in [-0.05, 0) is 48.3 Å². The number of carbonyl (C=O) groups excluding carboxylic acids is 3. The Kier molecular flexibility index (Phi) is 3.22. The number of rotatable bonds is 1. The minimum atomic E-state index is -1.27. The van der Waals surface area contributed by atoms with Gasteiger partial charge in [-0.25, -0.2) is 9.69 Å². The molecule has 1 aromatic rings. The second kappa shape index (κ2) is 4.45. The fourth-order valence-electron chi connectivity index (χ4n) is 1.80. The molecule has 1 aliphatic rings. The van der Waals surface area contributed by atoms with Gasteiger partial charge in [0.2, 0.25) is 11.8 Å². The molecule has 1 heterocycles. The van der Waals surface area contributed by atoms with Crippen LogP contribution in [0.5, 0.6) is 0 Å². The van der Waals surface area contributed by atoms with Gasteiger partial charge >= 0.3 is 6.03 Å². The highest BCUT2D eigenvalue weighted by atomic mass is 79.9. The number of barbiturate groups is 1.